The molecule has 0 rings (SSSR count). The molecule has 0 unspecified atom stereocenters. The molecule has 3 heteroatoms. The predicted octanol–water partition coefficient (Wildman–Crippen LogP) is 2.10. The number of carbonyl (C=O) groups excluding carboxylic acids is 1. The molecule has 0 aliphatic rings. The summed E-state index contributed by atoms with van der Waals surface area (Å²) in [7, 11) is 0. The van der Waals surface area contributed by atoms with Gasteiger partial charge in [-0.2, -0.15) is 0 Å². The van der Waals surface area contributed by atoms with Crippen LogP contribution < -0.4 is 0 Å². The Kier molecular flexibility index (Phi) is 3.25. The summed E-state index contributed by atoms with van der Waals surface area (Å²) in [5.41, 5.74) is -1.41. The van der Waals surface area contributed by atoms with E-state index in [4.69, 9.17) is 5.11 Å². The van der Waals surface area contributed by atoms with Crippen molar-refractivity contribution in [3.63, 3.8) is 0 Å². The summed E-state index contributed by atoms with van der Waals surface area (Å²) in [6.07, 6.45) is 0.0891. The van der Waals surface area contributed by atoms with Crippen LogP contribution in [0.15, 0.2) is 0 Å². The molecule has 76 valence electrons. The van der Waals surface area contributed by atoms with E-state index in [1.165, 1.54) is 0 Å². The maximum Gasteiger partial charge on any atom is 0.309 e. The van der Waals surface area contributed by atoms with Crippen LogP contribution in [-0.4, -0.2) is 16.9 Å². The van der Waals surface area contributed by atoms with E-state index in [-0.39, 0.29) is 12.2 Å². The van der Waals surface area contributed by atoms with Crippen LogP contribution in [0.3, 0.4) is 0 Å². The first kappa shape index (κ1) is 12.1. The highest BCUT2D eigenvalue weighted by Crippen LogP contribution is 2.27. The summed E-state index contributed by atoms with van der Waals surface area (Å²) >= 11 is 0. The Morgan fingerprint density at radius 3 is 1.69 bits per heavy atom. The normalized spacial score (nSPS) is 12.7. The molecule has 0 fully saturated rings. The number of carbonyl (C=O) groups is 2. The van der Waals surface area contributed by atoms with Gasteiger partial charge in [-0.3, -0.25) is 9.59 Å². The third-order valence-corrected chi connectivity index (χ3v) is 2.02. The zero-order valence-electron chi connectivity index (χ0n) is 8.97. The molecule has 13 heavy (non-hydrogen) atoms. The van der Waals surface area contributed by atoms with Crippen LogP contribution in [0, 0.1) is 10.8 Å². The quantitative estimate of drug-likeness (QED) is 0.734. The molecular weight excluding hydrogens is 168 g/mol. The molecule has 1 N–H and O–H groups in total. The minimum atomic E-state index is -0.954. The van der Waals surface area contributed by atoms with Crippen LogP contribution in [0.2, 0.25) is 0 Å². The Balaban J connectivity index is 4.47. The fourth-order valence-electron chi connectivity index (χ4n) is 0.742. The first-order valence-electron chi connectivity index (χ1n) is 4.34. The topological polar surface area (TPSA) is 54.4 Å². The number of hydrogen-bond donors (Lipinski definition) is 1. The largest absolute Gasteiger partial charge is 0.481 e. The van der Waals surface area contributed by atoms with Crippen molar-refractivity contribution in [1.82, 2.24) is 0 Å². The molecule has 0 aromatic rings. The van der Waals surface area contributed by atoms with Gasteiger partial charge in [0.15, 0.2) is 0 Å². The van der Waals surface area contributed by atoms with Crippen LogP contribution in [0.1, 0.15) is 41.0 Å². The summed E-state index contributed by atoms with van der Waals surface area (Å²) in [5, 5.41) is 8.80. The number of hydrogen-bond acceptors (Lipinski definition) is 2. The van der Waals surface area contributed by atoms with Gasteiger partial charge < -0.3 is 5.11 Å². The standard InChI is InChI=1S/C10H18O3/c1-9(2,3)7(11)6-10(4,5)8(12)13/h6H2,1-5H3,(H,12,13). The monoisotopic (exact) mass is 186 g/mol. The molecule has 0 aliphatic heterocycles. The van der Waals surface area contributed by atoms with E-state index in [2.05, 4.69) is 0 Å². The Bertz CT molecular complexity index is 221. The molecule has 0 saturated carbocycles. The van der Waals surface area contributed by atoms with E-state index in [9.17, 15) is 9.59 Å². The van der Waals surface area contributed by atoms with E-state index >= 15 is 0 Å². The van der Waals surface area contributed by atoms with E-state index in [1.807, 2.05) is 0 Å². The van der Waals surface area contributed by atoms with Crippen LogP contribution in [-0.2, 0) is 9.59 Å². The minimum Gasteiger partial charge on any atom is -0.481 e. The summed E-state index contributed by atoms with van der Waals surface area (Å²) < 4.78 is 0. The lowest BCUT2D eigenvalue weighted by Gasteiger charge is -2.23. The first-order valence-corrected chi connectivity index (χ1v) is 4.34. The molecule has 3 nitrogen and oxygen atoms in total. The average molecular weight is 186 g/mol. The third kappa shape index (κ3) is 3.57. The molecule has 0 heterocycles. The maximum absolute atomic E-state index is 11.5. The number of rotatable bonds is 3. The van der Waals surface area contributed by atoms with E-state index in [1.54, 1.807) is 34.6 Å². The number of Topliss-reactive ketones (excluding diaryl/α,β-unsaturated/α-hetero) is 1. The SMILES string of the molecule is CC(C)(C)C(=O)CC(C)(C)C(=O)O. The summed E-state index contributed by atoms with van der Waals surface area (Å²) in [6, 6.07) is 0. The first-order chi connectivity index (χ1) is 5.57. The summed E-state index contributed by atoms with van der Waals surface area (Å²) in [4.78, 5) is 22.3. The van der Waals surface area contributed by atoms with Crippen molar-refractivity contribution in [1.29, 1.82) is 0 Å². The Hall–Kier alpha value is -0.860. The Morgan fingerprint density at radius 2 is 1.46 bits per heavy atom. The van der Waals surface area contributed by atoms with Crippen molar-refractivity contribution in [2.45, 2.75) is 41.0 Å². The van der Waals surface area contributed by atoms with E-state index in [0.717, 1.165) is 0 Å². The Morgan fingerprint density at radius 1 is 1.08 bits per heavy atom. The lowest BCUT2D eigenvalue weighted by molar-refractivity contribution is -0.150. The number of ketones is 1. The van der Waals surface area contributed by atoms with Crippen LogP contribution >= 0.6 is 0 Å². The van der Waals surface area contributed by atoms with Gasteiger partial charge in [0.1, 0.15) is 5.78 Å². The van der Waals surface area contributed by atoms with Crippen molar-refractivity contribution in [3.8, 4) is 0 Å². The summed E-state index contributed by atoms with van der Waals surface area (Å²) in [6.45, 7) is 8.53. The lowest BCUT2D eigenvalue weighted by atomic mass is 9.79. The molecule has 0 amide bonds. The zero-order valence-corrected chi connectivity index (χ0v) is 8.97. The molecular formula is C10H18O3. The summed E-state index contributed by atoms with van der Waals surface area (Å²) in [5.74, 6) is -0.940. The van der Waals surface area contributed by atoms with Gasteiger partial charge in [-0.15, -0.1) is 0 Å². The van der Waals surface area contributed by atoms with E-state index < -0.39 is 16.8 Å². The molecule has 0 aromatic carbocycles. The van der Waals surface area contributed by atoms with Gasteiger partial charge in [-0.25, -0.2) is 0 Å². The highest BCUT2D eigenvalue weighted by molar-refractivity contribution is 5.88. The second-order valence-corrected chi connectivity index (χ2v) is 5.04. The Labute approximate surface area is 79.1 Å². The zero-order chi connectivity index (χ0) is 10.9. The second-order valence-electron chi connectivity index (χ2n) is 5.04. The van der Waals surface area contributed by atoms with Gasteiger partial charge in [0.05, 0.1) is 5.41 Å². The third-order valence-electron chi connectivity index (χ3n) is 2.02. The fourth-order valence-corrected chi connectivity index (χ4v) is 0.742. The average Bonchev–Trinajstić information content (AvgIpc) is 1.83. The van der Waals surface area contributed by atoms with E-state index in [0.29, 0.717) is 0 Å². The molecule has 0 aliphatic carbocycles. The van der Waals surface area contributed by atoms with Crippen molar-refractivity contribution in [3.05, 3.63) is 0 Å². The molecule has 0 bridgehead atoms. The number of aliphatic carboxylic acids is 1. The highest BCUT2D eigenvalue weighted by Gasteiger charge is 2.34. The van der Waals surface area contributed by atoms with Gasteiger partial charge >= 0.3 is 5.97 Å². The van der Waals surface area contributed by atoms with Crippen molar-refractivity contribution >= 4 is 11.8 Å². The van der Waals surface area contributed by atoms with Gasteiger partial charge in [-0.05, 0) is 13.8 Å². The van der Waals surface area contributed by atoms with Gasteiger partial charge in [-0.1, -0.05) is 20.8 Å². The lowest BCUT2D eigenvalue weighted by Crippen LogP contribution is -2.32. The molecule has 0 aromatic heterocycles. The molecule has 0 atom stereocenters. The smallest absolute Gasteiger partial charge is 0.309 e. The van der Waals surface area contributed by atoms with Gasteiger partial charge in [0.2, 0.25) is 0 Å². The maximum atomic E-state index is 11.5. The second kappa shape index (κ2) is 3.48. The molecule has 0 spiro atoms. The molecule has 0 saturated heterocycles. The number of carboxylic acid groups (broad SMARTS) is 1. The van der Waals surface area contributed by atoms with Crippen LogP contribution in [0.25, 0.3) is 0 Å². The van der Waals surface area contributed by atoms with Crippen molar-refractivity contribution < 1.29 is 14.7 Å². The fraction of sp³-hybridized carbons (Fsp3) is 0.800. The predicted molar refractivity (Wildman–Crippen MR) is 50.5 cm³/mol. The minimum absolute atomic E-state index is 0.0140. The number of carboxylic acids is 1. The van der Waals surface area contributed by atoms with Gasteiger partial charge in [0, 0.05) is 11.8 Å². The van der Waals surface area contributed by atoms with Crippen LogP contribution in [0.5, 0.6) is 0 Å². The van der Waals surface area contributed by atoms with Crippen molar-refractivity contribution in [2.75, 3.05) is 0 Å². The van der Waals surface area contributed by atoms with Crippen LogP contribution in [0.4, 0.5) is 0 Å². The van der Waals surface area contributed by atoms with Crippen molar-refractivity contribution in [2.24, 2.45) is 10.8 Å². The highest BCUT2D eigenvalue weighted by atomic mass is 16.4. The van der Waals surface area contributed by atoms with Gasteiger partial charge in [0.25, 0.3) is 0 Å². The molecule has 0 radical (unpaired) electrons.